The van der Waals surface area contributed by atoms with Gasteiger partial charge >= 0.3 is 5.97 Å². The Morgan fingerprint density at radius 1 is 1.27 bits per heavy atom. The van der Waals surface area contributed by atoms with Gasteiger partial charge in [-0.3, -0.25) is 9.59 Å². The summed E-state index contributed by atoms with van der Waals surface area (Å²) in [5, 5.41) is 8.88. The van der Waals surface area contributed by atoms with Crippen LogP contribution in [0.1, 0.15) is 18.9 Å². The number of carbonyl (C=O) groups excluding carboxylic acids is 1. The molecule has 1 aromatic carbocycles. The van der Waals surface area contributed by atoms with Gasteiger partial charge in [0.15, 0.2) is 0 Å². The molecule has 0 aliphatic rings. The molecule has 0 heterocycles. The second kappa shape index (κ2) is 8.26. The fourth-order valence-electron chi connectivity index (χ4n) is 2.10. The van der Waals surface area contributed by atoms with E-state index in [0.29, 0.717) is 17.9 Å². The Morgan fingerprint density at radius 3 is 2.50 bits per heavy atom. The van der Waals surface area contributed by atoms with Crippen LogP contribution in [0.3, 0.4) is 0 Å². The Bertz CT molecular complexity index is 529. The Labute approximate surface area is 130 Å². The molecular weight excluding hydrogens is 286 g/mol. The lowest BCUT2D eigenvalue weighted by molar-refractivity contribution is -0.142. The summed E-state index contributed by atoms with van der Waals surface area (Å²) in [6.45, 7) is 1.78. The third-order valence-electron chi connectivity index (χ3n) is 3.49. The number of carboxylic acid groups (broad SMARTS) is 1. The van der Waals surface area contributed by atoms with Gasteiger partial charge in [0.1, 0.15) is 11.5 Å². The molecule has 0 radical (unpaired) electrons. The number of benzene rings is 1. The largest absolute Gasteiger partial charge is 0.497 e. The molecule has 0 bridgehead atoms. The van der Waals surface area contributed by atoms with E-state index in [0.717, 1.165) is 5.56 Å². The van der Waals surface area contributed by atoms with Crippen LogP contribution in [0.15, 0.2) is 18.2 Å². The van der Waals surface area contributed by atoms with Crippen LogP contribution < -0.4 is 9.47 Å². The highest BCUT2D eigenvalue weighted by molar-refractivity contribution is 5.77. The number of methoxy groups -OCH3 is 2. The quantitative estimate of drug-likeness (QED) is 0.792. The molecule has 1 amide bonds. The molecule has 0 aromatic heterocycles. The maximum Gasteiger partial charge on any atom is 0.308 e. The maximum absolute atomic E-state index is 12.1. The standard InChI is InChI=1S/C16H23NO5/c1-11(16(19)20)10-17(2)15(18)8-5-12-9-13(21-3)6-7-14(12)22-4/h6-7,9,11H,5,8,10H2,1-4H3,(H,19,20). The van der Waals surface area contributed by atoms with Crippen molar-refractivity contribution < 1.29 is 24.2 Å². The summed E-state index contributed by atoms with van der Waals surface area (Å²) in [5.74, 6) is -0.182. The molecule has 0 saturated carbocycles. The molecule has 1 N–H and O–H groups in total. The number of aryl methyl sites for hydroxylation is 1. The minimum atomic E-state index is -0.908. The fraction of sp³-hybridized carbons (Fsp3) is 0.500. The van der Waals surface area contributed by atoms with Crippen LogP contribution >= 0.6 is 0 Å². The Morgan fingerprint density at radius 2 is 1.95 bits per heavy atom. The van der Waals surface area contributed by atoms with Gasteiger partial charge in [-0.25, -0.2) is 0 Å². The highest BCUT2D eigenvalue weighted by Gasteiger charge is 2.17. The van der Waals surface area contributed by atoms with Crippen LogP contribution in [-0.2, 0) is 16.0 Å². The van der Waals surface area contributed by atoms with Gasteiger partial charge in [0, 0.05) is 20.0 Å². The van der Waals surface area contributed by atoms with Crippen molar-refractivity contribution in [2.24, 2.45) is 5.92 Å². The van der Waals surface area contributed by atoms with Crippen LogP contribution in [0.25, 0.3) is 0 Å². The monoisotopic (exact) mass is 309 g/mol. The summed E-state index contributed by atoms with van der Waals surface area (Å²) >= 11 is 0. The molecule has 1 unspecified atom stereocenters. The molecule has 1 atom stereocenters. The molecule has 0 aliphatic carbocycles. The van der Waals surface area contributed by atoms with Crippen LogP contribution in [0.2, 0.25) is 0 Å². The minimum Gasteiger partial charge on any atom is -0.497 e. The van der Waals surface area contributed by atoms with Crippen LogP contribution in [0.5, 0.6) is 11.5 Å². The molecule has 1 aromatic rings. The predicted molar refractivity (Wildman–Crippen MR) is 82.3 cm³/mol. The molecule has 6 nitrogen and oxygen atoms in total. The first kappa shape index (κ1) is 17.8. The molecule has 122 valence electrons. The van der Waals surface area contributed by atoms with Crippen molar-refractivity contribution in [1.29, 1.82) is 0 Å². The average molecular weight is 309 g/mol. The smallest absolute Gasteiger partial charge is 0.308 e. The van der Waals surface area contributed by atoms with Gasteiger partial charge in [0.25, 0.3) is 0 Å². The molecule has 0 spiro atoms. The van der Waals surface area contributed by atoms with Gasteiger partial charge in [-0.15, -0.1) is 0 Å². The van der Waals surface area contributed by atoms with Crippen molar-refractivity contribution in [3.8, 4) is 11.5 Å². The Hall–Kier alpha value is -2.24. The number of carboxylic acids is 1. The first-order chi connectivity index (χ1) is 10.4. The molecule has 0 saturated heterocycles. The van der Waals surface area contributed by atoms with Gasteiger partial charge in [-0.05, 0) is 30.2 Å². The second-order valence-corrected chi connectivity index (χ2v) is 5.19. The molecule has 0 fully saturated rings. The molecule has 1 rings (SSSR count). The van der Waals surface area contributed by atoms with Crippen molar-refractivity contribution in [3.05, 3.63) is 23.8 Å². The zero-order chi connectivity index (χ0) is 16.7. The molecule has 0 aliphatic heterocycles. The highest BCUT2D eigenvalue weighted by Crippen LogP contribution is 2.25. The highest BCUT2D eigenvalue weighted by atomic mass is 16.5. The van der Waals surface area contributed by atoms with Gasteiger partial charge in [0.2, 0.25) is 5.91 Å². The summed E-state index contributed by atoms with van der Waals surface area (Å²) in [6.07, 6.45) is 0.789. The van der Waals surface area contributed by atoms with Gasteiger partial charge in [0.05, 0.1) is 20.1 Å². The van der Waals surface area contributed by atoms with Crippen LogP contribution in [0.4, 0.5) is 0 Å². The van der Waals surface area contributed by atoms with Gasteiger partial charge in [-0.1, -0.05) is 6.92 Å². The number of nitrogens with zero attached hydrogens (tertiary/aromatic N) is 1. The fourth-order valence-corrected chi connectivity index (χ4v) is 2.10. The summed E-state index contributed by atoms with van der Waals surface area (Å²) in [6, 6.07) is 5.44. The van der Waals surface area contributed by atoms with E-state index in [1.165, 1.54) is 4.90 Å². The van der Waals surface area contributed by atoms with E-state index < -0.39 is 11.9 Å². The lowest BCUT2D eigenvalue weighted by Gasteiger charge is -2.19. The van der Waals surface area contributed by atoms with Crippen molar-refractivity contribution in [2.75, 3.05) is 27.8 Å². The number of carbonyl (C=O) groups is 2. The lowest BCUT2D eigenvalue weighted by atomic mass is 10.1. The number of hydrogen-bond donors (Lipinski definition) is 1. The number of hydrogen-bond acceptors (Lipinski definition) is 4. The minimum absolute atomic E-state index is 0.0991. The van der Waals surface area contributed by atoms with Crippen molar-refractivity contribution in [1.82, 2.24) is 4.90 Å². The number of amides is 1. The van der Waals surface area contributed by atoms with Crippen LogP contribution in [-0.4, -0.2) is 49.7 Å². The SMILES string of the molecule is COc1ccc(OC)c(CCC(=O)N(C)CC(C)C(=O)O)c1. The molecular formula is C16H23NO5. The summed E-state index contributed by atoms with van der Waals surface area (Å²) < 4.78 is 10.4. The third-order valence-corrected chi connectivity index (χ3v) is 3.49. The van der Waals surface area contributed by atoms with E-state index in [9.17, 15) is 9.59 Å². The van der Waals surface area contributed by atoms with E-state index in [2.05, 4.69) is 0 Å². The number of rotatable bonds is 8. The normalized spacial score (nSPS) is 11.6. The summed E-state index contributed by atoms with van der Waals surface area (Å²) in [4.78, 5) is 24.4. The zero-order valence-electron chi connectivity index (χ0n) is 13.5. The second-order valence-electron chi connectivity index (χ2n) is 5.19. The van der Waals surface area contributed by atoms with E-state index in [4.69, 9.17) is 14.6 Å². The predicted octanol–water partition coefficient (Wildman–Crippen LogP) is 1.82. The molecule has 22 heavy (non-hydrogen) atoms. The number of ether oxygens (including phenoxy) is 2. The molecule has 6 heteroatoms. The van der Waals surface area contributed by atoms with E-state index in [1.807, 2.05) is 6.07 Å². The lowest BCUT2D eigenvalue weighted by Crippen LogP contribution is -2.33. The summed E-state index contributed by atoms with van der Waals surface area (Å²) in [7, 11) is 4.77. The maximum atomic E-state index is 12.1. The van der Waals surface area contributed by atoms with Crippen LogP contribution in [0, 0.1) is 5.92 Å². The Kier molecular flexibility index (Phi) is 6.69. The first-order valence-electron chi connectivity index (χ1n) is 7.06. The Balaban J connectivity index is 2.65. The number of aliphatic carboxylic acids is 1. The van der Waals surface area contributed by atoms with E-state index in [-0.39, 0.29) is 18.9 Å². The van der Waals surface area contributed by atoms with Crippen molar-refractivity contribution >= 4 is 11.9 Å². The zero-order valence-corrected chi connectivity index (χ0v) is 13.5. The third kappa shape index (κ3) is 4.95. The van der Waals surface area contributed by atoms with E-state index >= 15 is 0 Å². The summed E-state index contributed by atoms with van der Waals surface area (Å²) in [5.41, 5.74) is 0.884. The van der Waals surface area contributed by atoms with Crippen molar-refractivity contribution in [2.45, 2.75) is 19.8 Å². The average Bonchev–Trinajstić information content (AvgIpc) is 2.51. The van der Waals surface area contributed by atoms with Crippen molar-refractivity contribution in [3.63, 3.8) is 0 Å². The van der Waals surface area contributed by atoms with E-state index in [1.54, 1.807) is 40.3 Å². The van der Waals surface area contributed by atoms with Gasteiger partial charge in [-0.2, -0.15) is 0 Å². The first-order valence-corrected chi connectivity index (χ1v) is 7.06. The topological polar surface area (TPSA) is 76.1 Å². The van der Waals surface area contributed by atoms with Gasteiger partial charge < -0.3 is 19.5 Å².